The predicted molar refractivity (Wildman–Crippen MR) is 89.8 cm³/mol. The van der Waals surface area contributed by atoms with E-state index in [2.05, 4.69) is 5.32 Å². The lowest BCUT2D eigenvalue weighted by Crippen LogP contribution is -2.25. The van der Waals surface area contributed by atoms with E-state index >= 15 is 0 Å². The molecule has 0 spiro atoms. The number of nitrogens with one attached hydrogen (secondary N) is 1. The molecule has 23 heavy (non-hydrogen) atoms. The summed E-state index contributed by atoms with van der Waals surface area (Å²) >= 11 is 0. The van der Waals surface area contributed by atoms with Gasteiger partial charge in [0.15, 0.2) is 0 Å². The maximum absolute atomic E-state index is 12.0. The van der Waals surface area contributed by atoms with Crippen LogP contribution in [0.25, 0.3) is 0 Å². The molecule has 0 aliphatic rings. The van der Waals surface area contributed by atoms with E-state index in [1.54, 1.807) is 24.3 Å². The molecule has 0 fully saturated rings. The summed E-state index contributed by atoms with van der Waals surface area (Å²) in [5, 5.41) is 2.84. The van der Waals surface area contributed by atoms with Crippen LogP contribution in [0.1, 0.15) is 25.3 Å². The molecule has 0 bridgehead atoms. The first kappa shape index (κ1) is 19.6. The Balaban J connectivity index is 2.40. The zero-order valence-electron chi connectivity index (χ0n) is 14.0. The number of rotatable bonds is 10. The van der Waals surface area contributed by atoms with Crippen LogP contribution in [0.15, 0.2) is 29.2 Å². The normalized spacial score (nSPS) is 11.7. The molecule has 7 heteroatoms. The van der Waals surface area contributed by atoms with E-state index in [-0.39, 0.29) is 10.8 Å². The number of benzene rings is 1. The summed E-state index contributed by atoms with van der Waals surface area (Å²) in [5.74, 6) is -0.00788. The lowest BCUT2D eigenvalue weighted by atomic mass is 10.1. The van der Waals surface area contributed by atoms with Gasteiger partial charge in [0, 0.05) is 40.3 Å². The smallest absolute Gasteiger partial charge is 0.242 e. The number of amides is 1. The van der Waals surface area contributed by atoms with Crippen molar-refractivity contribution in [2.75, 3.05) is 33.9 Å². The van der Waals surface area contributed by atoms with Gasteiger partial charge in [0.25, 0.3) is 0 Å². The number of hydrogen-bond donors (Lipinski definition) is 1. The van der Waals surface area contributed by atoms with Crippen LogP contribution in [0, 0.1) is 0 Å². The molecule has 0 unspecified atom stereocenters. The topological polar surface area (TPSA) is 75.7 Å². The molecular formula is C16H26N2O4S. The summed E-state index contributed by atoms with van der Waals surface area (Å²) in [6.45, 7) is 3.89. The number of ether oxygens (including phenoxy) is 1. The fraction of sp³-hybridized carbons (Fsp3) is 0.562. The number of nitrogens with zero attached hydrogens (tertiary/aromatic N) is 1. The molecular weight excluding hydrogens is 316 g/mol. The zero-order chi connectivity index (χ0) is 17.3. The monoisotopic (exact) mass is 342 g/mol. The highest BCUT2D eigenvalue weighted by molar-refractivity contribution is 7.89. The Kier molecular flexibility index (Phi) is 8.22. The minimum Gasteiger partial charge on any atom is -0.382 e. The van der Waals surface area contributed by atoms with Gasteiger partial charge in [0.1, 0.15) is 0 Å². The Morgan fingerprint density at radius 1 is 1.22 bits per heavy atom. The van der Waals surface area contributed by atoms with Crippen molar-refractivity contribution < 1.29 is 17.9 Å². The highest BCUT2D eigenvalue weighted by atomic mass is 32.2. The summed E-state index contributed by atoms with van der Waals surface area (Å²) in [6.07, 6.45) is 1.77. The van der Waals surface area contributed by atoms with Crippen LogP contribution >= 0.6 is 0 Å². The minimum absolute atomic E-state index is 0.00788. The van der Waals surface area contributed by atoms with Gasteiger partial charge in [-0.1, -0.05) is 12.1 Å². The van der Waals surface area contributed by atoms with Gasteiger partial charge in [-0.3, -0.25) is 4.79 Å². The van der Waals surface area contributed by atoms with Crippen molar-refractivity contribution in [1.82, 2.24) is 9.62 Å². The summed E-state index contributed by atoms with van der Waals surface area (Å²) < 4.78 is 30.3. The molecule has 0 aromatic heterocycles. The lowest BCUT2D eigenvalue weighted by molar-refractivity contribution is -0.121. The fourth-order valence-corrected chi connectivity index (χ4v) is 2.83. The first-order valence-electron chi connectivity index (χ1n) is 7.74. The van der Waals surface area contributed by atoms with Crippen molar-refractivity contribution >= 4 is 15.9 Å². The Labute approximate surface area is 138 Å². The molecule has 0 saturated heterocycles. The van der Waals surface area contributed by atoms with Gasteiger partial charge in [0.05, 0.1) is 4.90 Å². The molecule has 1 N–H and O–H groups in total. The third-order valence-corrected chi connectivity index (χ3v) is 5.16. The lowest BCUT2D eigenvalue weighted by Gasteiger charge is -2.11. The number of aryl methyl sites for hydroxylation is 1. The summed E-state index contributed by atoms with van der Waals surface area (Å²) in [5.41, 5.74) is 0.937. The average molecular weight is 342 g/mol. The van der Waals surface area contributed by atoms with E-state index in [4.69, 9.17) is 4.74 Å². The van der Waals surface area contributed by atoms with E-state index in [0.29, 0.717) is 32.6 Å². The Bertz CT molecular complexity index is 583. The molecule has 0 heterocycles. The van der Waals surface area contributed by atoms with Gasteiger partial charge >= 0.3 is 0 Å². The van der Waals surface area contributed by atoms with E-state index < -0.39 is 10.0 Å². The van der Waals surface area contributed by atoms with Crippen molar-refractivity contribution in [1.29, 1.82) is 0 Å². The van der Waals surface area contributed by atoms with Gasteiger partial charge in [-0.15, -0.1) is 0 Å². The Morgan fingerprint density at radius 2 is 1.87 bits per heavy atom. The second-order valence-electron chi connectivity index (χ2n) is 5.33. The molecule has 1 aromatic rings. The van der Waals surface area contributed by atoms with Gasteiger partial charge in [-0.25, -0.2) is 12.7 Å². The average Bonchev–Trinajstić information content (AvgIpc) is 2.53. The highest BCUT2D eigenvalue weighted by Crippen LogP contribution is 2.14. The number of carbonyl (C=O) groups excluding carboxylic acids is 1. The zero-order valence-corrected chi connectivity index (χ0v) is 14.9. The van der Waals surface area contributed by atoms with Crippen molar-refractivity contribution in [2.24, 2.45) is 0 Å². The van der Waals surface area contributed by atoms with Crippen LogP contribution in [0.2, 0.25) is 0 Å². The van der Waals surface area contributed by atoms with Gasteiger partial charge < -0.3 is 10.1 Å². The SMILES string of the molecule is CCOCCCNC(=O)CCc1ccc(S(=O)(=O)N(C)C)cc1. The van der Waals surface area contributed by atoms with E-state index in [9.17, 15) is 13.2 Å². The van der Waals surface area contributed by atoms with Crippen molar-refractivity contribution in [3.8, 4) is 0 Å². The molecule has 0 aliphatic carbocycles. The minimum atomic E-state index is -3.40. The molecule has 1 amide bonds. The summed E-state index contributed by atoms with van der Waals surface area (Å²) in [6, 6.07) is 6.65. The molecule has 1 rings (SSSR count). The Hall–Kier alpha value is -1.44. The molecule has 6 nitrogen and oxygen atoms in total. The molecule has 0 saturated carbocycles. The van der Waals surface area contributed by atoms with Crippen LogP contribution in [0.4, 0.5) is 0 Å². The second kappa shape index (κ2) is 9.64. The fourth-order valence-electron chi connectivity index (χ4n) is 1.93. The van der Waals surface area contributed by atoms with E-state index in [0.717, 1.165) is 12.0 Å². The van der Waals surface area contributed by atoms with Crippen molar-refractivity contribution in [2.45, 2.75) is 31.1 Å². The second-order valence-corrected chi connectivity index (χ2v) is 7.48. The van der Waals surface area contributed by atoms with Crippen LogP contribution in [-0.4, -0.2) is 52.5 Å². The van der Waals surface area contributed by atoms with E-state index in [1.165, 1.54) is 18.4 Å². The standard InChI is InChI=1S/C16H26N2O4S/c1-4-22-13-5-12-17-16(19)11-8-14-6-9-15(10-7-14)23(20,21)18(2)3/h6-7,9-10H,4-5,8,11-13H2,1-3H3,(H,17,19). The number of carbonyl (C=O) groups is 1. The summed E-state index contributed by atoms with van der Waals surface area (Å²) in [4.78, 5) is 12.0. The first-order chi connectivity index (χ1) is 10.9. The van der Waals surface area contributed by atoms with Crippen molar-refractivity contribution in [3.05, 3.63) is 29.8 Å². The van der Waals surface area contributed by atoms with Crippen LogP contribution < -0.4 is 5.32 Å². The van der Waals surface area contributed by atoms with Gasteiger partial charge in [-0.05, 0) is 37.5 Å². The van der Waals surface area contributed by atoms with Gasteiger partial charge in [-0.2, -0.15) is 0 Å². The molecule has 1 aromatic carbocycles. The summed E-state index contributed by atoms with van der Waals surface area (Å²) in [7, 11) is -0.404. The molecule has 0 aliphatic heterocycles. The van der Waals surface area contributed by atoms with Crippen LogP contribution in [0.3, 0.4) is 0 Å². The van der Waals surface area contributed by atoms with E-state index in [1.807, 2.05) is 6.92 Å². The van der Waals surface area contributed by atoms with Crippen molar-refractivity contribution in [3.63, 3.8) is 0 Å². The number of sulfonamides is 1. The molecule has 0 atom stereocenters. The quantitative estimate of drug-likeness (QED) is 0.652. The predicted octanol–water partition coefficient (Wildman–Crippen LogP) is 1.41. The molecule has 0 radical (unpaired) electrons. The first-order valence-corrected chi connectivity index (χ1v) is 9.18. The third kappa shape index (κ3) is 6.68. The number of hydrogen-bond acceptors (Lipinski definition) is 4. The Morgan fingerprint density at radius 3 is 2.43 bits per heavy atom. The maximum atomic E-state index is 12.0. The highest BCUT2D eigenvalue weighted by Gasteiger charge is 2.16. The maximum Gasteiger partial charge on any atom is 0.242 e. The van der Waals surface area contributed by atoms with Gasteiger partial charge in [0.2, 0.25) is 15.9 Å². The molecule has 130 valence electrons. The third-order valence-electron chi connectivity index (χ3n) is 3.33. The van der Waals surface area contributed by atoms with Crippen LogP contribution in [-0.2, 0) is 26.0 Å². The largest absolute Gasteiger partial charge is 0.382 e. The van der Waals surface area contributed by atoms with Crippen LogP contribution in [0.5, 0.6) is 0 Å².